The van der Waals surface area contributed by atoms with E-state index in [2.05, 4.69) is 10.2 Å². The maximum Gasteiger partial charge on any atom is 0.323 e. The first-order valence-electron chi connectivity index (χ1n) is 5.64. The second-order valence-electron chi connectivity index (χ2n) is 4.17. The van der Waals surface area contributed by atoms with Crippen molar-refractivity contribution >= 4 is 23.4 Å². The lowest BCUT2D eigenvalue weighted by Gasteiger charge is -2.27. The van der Waals surface area contributed by atoms with Crippen LogP contribution in [-0.2, 0) is 4.79 Å². The van der Waals surface area contributed by atoms with E-state index in [1.165, 1.54) is 0 Å². The predicted octanol–water partition coefficient (Wildman–Crippen LogP) is 1.96. The Balaban J connectivity index is 2.19. The van der Waals surface area contributed by atoms with Crippen LogP contribution in [0, 0.1) is 0 Å². The second-order valence-corrected chi connectivity index (χ2v) is 4.56. The van der Waals surface area contributed by atoms with Gasteiger partial charge in [0.1, 0.15) is 6.54 Å². The summed E-state index contributed by atoms with van der Waals surface area (Å²) in [6.07, 6.45) is 4.30. The third kappa shape index (κ3) is 3.06. The van der Waals surface area contributed by atoms with Gasteiger partial charge in [-0.3, -0.25) is 4.79 Å². The highest BCUT2D eigenvalue weighted by atomic mass is 35.5. The fourth-order valence-electron chi connectivity index (χ4n) is 2.22. The molecule has 1 fully saturated rings. The number of aliphatic carboxylic acids is 1. The van der Waals surface area contributed by atoms with Crippen molar-refractivity contribution in [1.82, 2.24) is 10.2 Å². The molecular formula is C11H14ClN3O2. The molecule has 0 aromatic carbocycles. The predicted molar refractivity (Wildman–Crippen MR) is 64.3 cm³/mol. The van der Waals surface area contributed by atoms with Gasteiger partial charge in [-0.25, -0.2) is 0 Å². The van der Waals surface area contributed by atoms with E-state index in [0.29, 0.717) is 11.0 Å². The number of anilines is 1. The zero-order chi connectivity index (χ0) is 12.3. The molecule has 1 aromatic rings. The first-order chi connectivity index (χ1) is 8.16. The Bertz CT molecular complexity index is 390. The second kappa shape index (κ2) is 5.31. The molecule has 6 heteroatoms. The molecule has 1 aromatic heterocycles. The van der Waals surface area contributed by atoms with Crippen LogP contribution < -0.4 is 4.90 Å². The van der Waals surface area contributed by atoms with Crippen LogP contribution in [0.4, 0.5) is 5.82 Å². The minimum absolute atomic E-state index is 0.0407. The molecule has 1 aliphatic rings. The highest BCUT2D eigenvalue weighted by Crippen LogP contribution is 2.26. The van der Waals surface area contributed by atoms with Gasteiger partial charge in [0.05, 0.1) is 0 Å². The van der Waals surface area contributed by atoms with E-state index in [-0.39, 0.29) is 12.6 Å². The first kappa shape index (κ1) is 12.1. The van der Waals surface area contributed by atoms with Gasteiger partial charge in [-0.2, -0.15) is 0 Å². The van der Waals surface area contributed by atoms with Crippen molar-refractivity contribution in [2.24, 2.45) is 0 Å². The van der Waals surface area contributed by atoms with Crippen LogP contribution in [0.25, 0.3) is 0 Å². The number of hydrogen-bond donors (Lipinski definition) is 1. The van der Waals surface area contributed by atoms with Gasteiger partial charge in [0.2, 0.25) is 0 Å². The molecular weight excluding hydrogens is 242 g/mol. The molecule has 0 saturated heterocycles. The summed E-state index contributed by atoms with van der Waals surface area (Å²) in [6, 6.07) is 3.60. The smallest absolute Gasteiger partial charge is 0.323 e. The molecule has 0 spiro atoms. The van der Waals surface area contributed by atoms with Crippen LogP contribution in [0.2, 0.25) is 5.15 Å². The minimum Gasteiger partial charge on any atom is -0.480 e. The van der Waals surface area contributed by atoms with Gasteiger partial charge in [-0.1, -0.05) is 24.4 Å². The highest BCUT2D eigenvalue weighted by molar-refractivity contribution is 6.29. The average Bonchev–Trinajstić information content (AvgIpc) is 2.80. The first-order valence-corrected chi connectivity index (χ1v) is 6.02. The Morgan fingerprint density at radius 2 is 2.12 bits per heavy atom. The Labute approximate surface area is 104 Å². The summed E-state index contributed by atoms with van der Waals surface area (Å²) in [5.74, 6) is -0.266. The van der Waals surface area contributed by atoms with Crippen molar-refractivity contribution < 1.29 is 9.90 Å². The number of carbonyl (C=O) groups is 1. The Kier molecular flexibility index (Phi) is 3.78. The topological polar surface area (TPSA) is 66.3 Å². The van der Waals surface area contributed by atoms with E-state index >= 15 is 0 Å². The third-order valence-corrected chi connectivity index (χ3v) is 3.18. The minimum atomic E-state index is -0.853. The van der Waals surface area contributed by atoms with E-state index in [0.717, 1.165) is 25.7 Å². The fourth-order valence-corrected chi connectivity index (χ4v) is 2.32. The Hall–Kier alpha value is -1.36. The molecule has 1 heterocycles. The lowest BCUT2D eigenvalue weighted by atomic mass is 10.2. The van der Waals surface area contributed by atoms with Gasteiger partial charge in [-0.15, -0.1) is 10.2 Å². The van der Waals surface area contributed by atoms with E-state index in [1.54, 1.807) is 17.0 Å². The maximum absolute atomic E-state index is 10.9. The zero-order valence-corrected chi connectivity index (χ0v) is 10.1. The third-order valence-electron chi connectivity index (χ3n) is 2.98. The molecule has 0 bridgehead atoms. The number of carboxylic acids is 1. The summed E-state index contributed by atoms with van der Waals surface area (Å²) in [4.78, 5) is 12.7. The van der Waals surface area contributed by atoms with E-state index in [9.17, 15) is 4.79 Å². The summed E-state index contributed by atoms with van der Waals surface area (Å²) in [5.41, 5.74) is 0. The number of halogens is 1. The van der Waals surface area contributed by atoms with Crippen LogP contribution >= 0.6 is 11.6 Å². The summed E-state index contributed by atoms with van der Waals surface area (Å²) >= 11 is 5.67. The quantitative estimate of drug-likeness (QED) is 0.891. The molecule has 2 rings (SSSR count). The standard InChI is InChI=1S/C11H14ClN3O2/c12-9-5-6-10(14-13-9)15(7-11(16)17)8-3-1-2-4-8/h5-6,8H,1-4,7H2,(H,16,17). The summed E-state index contributed by atoms with van der Waals surface area (Å²) in [5, 5.41) is 17.0. The van der Waals surface area contributed by atoms with E-state index in [4.69, 9.17) is 16.7 Å². The van der Waals surface area contributed by atoms with Crippen molar-refractivity contribution in [2.45, 2.75) is 31.7 Å². The normalized spacial score (nSPS) is 16.1. The SMILES string of the molecule is O=C(O)CN(c1ccc(Cl)nn1)C1CCCC1. The van der Waals surface area contributed by atoms with Gasteiger partial charge in [0.15, 0.2) is 11.0 Å². The lowest BCUT2D eigenvalue weighted by Crippen LogP contribution is -2.38. The molecule has 0 amide bonds. The summed E-state index contributed by atoms with van der Waals surface area (Å²) in [6.45, 7) is -0.0407. The van der Waals surface area contributed by atoms with Crippen molar-refractivity contribution in [3.63, 3.8) is 0 Å². The summed E-state index contributed by atoms with van der Waals surface area (Å²) in [7, 11) is 0. The molecule has 0 atom stereocenters. The molecule has 1 aliphatic carbocycles. The van der Waals surface area contributed by atoms with Gasteiger partial charge in [0, 0.05) is 6.04 Å². The summed E-state index contributed by atoms with van der Waals surface area (Å²) < 4.78 is 0. The largest absolute Gasteiger partial charge is 0.480 e. The number of hydrogen-bond acceptors (Lipinski definition) is 4. The number of rotatable bonds is 4. The van der Waals surface area contributed by atoms with Gasteiger partial charge in [-0.05, 0) is 25.0 Å². The van der Waals surface area contributed by atoms with Crippen molar-refractivity contribution in [3.8, 4) is 0 Å². The molecule has 1 saturated carbocycles. The van der Waals surface area contributed by atoms with Crippen LogP contribution in [0.1, 0.15) is 25.7 Å². The molecule has 92 valence electrons. The Morgan fingerprint density at radius 1 is 1.41 bits per heavy atom. The molecule has 5 nitrogen and oxygen atoms in total. The lowest BCUT2D eigenvalue weighted by molar-refractivity contribution is -0.135. The molecule has 0 radical (unpaired) electrons. The number of nitrogens with zero attached hydrogens (tertiary/aromatic N) is 3. The van der Waals surface area contributed by atoms with E-state index < -0.39 is 5.97 Å². The van der Waals surface area contributed by atoms with Gasteiger partial charge >= 0.3 is 5.97 Å². The molecule has 0 unspecified atom stereocenters. The van der Waals surface area contributed by atoms with Crippen LogP contribution in [0.15, 0.2) is 12.1 Å². The van der Waals surface area contributed by atoms with Gasteiger partial charge in [0.25, 0.3) is 0 Å². The molecule has 0 aliphatic heterocycles. The van der Waals surface area contributed by atoms with Crippen LogP contribution in [-0.4, -0.2) is 33.9 Å². The monoisotopic (exact) mass is 255 g/mol. The fraction of sp³-hybridized carbons (Fsp3) is 0.545. The number of aromatic nitrogens is 2. The number of carboxylic acid groups (broad SMARTS) is 1. The molecule has 1 N–H and O–H groups in total. The van der Waals surface area contributed by atoms with Crippen molar-refractivity contribution in [2.75, 3.05) is 11.4 Å². The Morgan fingerprint density at radius 3 is 2.65 bits per heavy atom. The highest BCUT2D eigenvalue weighted by Gasteiger charge is 2.25. The van der Waals surface area contributed by atoms with Crippen molar-refractivity contribution in [1.29, 1.82) is 0 Å². The maximum atomic E-state index is 10.9. The molecule has 17 heavy (non-hydrogen) atoms. The zero-order valence-electron chi connectivity index (χ0n) is 9.34. The van der Waals surface area contributed by atoms with Crippen LogP contribution in [0.3, 0.4) is 0 Å². The van der Waals surface area contributed by atoms with Crippen molar-refractivity contribution in [3.05, 3.63) is 17.3 Å². The van der Waals surface area contributed by atoms with E-state index in [1.807, 2.05) is 0 Å². The van der Waals surface area contributed by atoms with Crippen LogP contribution in [0.5, 0.6) is 0 Å². The average molecular weight is 256 g/mol. The van der Waals surface area contributed by atoms with Gasteiger partial charge < -0.3 is 10.0 Å².